The van der Waals surface area contributed by atoms with Gasteiger partial charge in [-0.1, -0.05) is 0 Å². The first kappa shape index (κ1) is 21.2. The van der Waals surface area contributed by atoms with Gasteiger partial charge in [0.15, 0.2) is 4.90 Å². The number of nitrogens with zero attached hydrogens (tertiary/aromatic N) is 1. The summed E-state index contributed by atoms with van der Waals surface area (Å²) in [5.41, 5.74) is 1.65. The third-order valence-electron chi connectivity index (χ3n) is 4.43. The number of rotatable bonds is 5. The molecule has 154 valence electrons. The zero-order valence-corrected chi connectivity index (χ0v) is 17.8. The lowest BCUT2D eigenvalue weighted by molar-refractivity contribution is -0.0220. The van der Waals surface area contributed by atoms with Gasteiger partial charge in [0, 0.05) is 11.1 Å². The standard InChI is InChI=1S/C22H25NO5S/c1-22(2,3)28-21(25)23-12-17(13-23)27-20-10-5-15(14-24)11-19(20)16-6-8-18(9-7-16)29(4)26/h5-11,14,17H,12-13H2,1-4H3. The highest BCUT2D eigenvalue weighted by Crippen LogP contribution is 2.33. The van der Waals surface area contributed by atoms with Crippen molar-refractivity contribution in [2.75, 3.05) is 19.3 Å². The van der Waals surface area contributed by atoms with Crippen LogP contribution in [0.3, 0.4) is 0 Å². The molecule has 0 radical (unpaired) electrons. The van der Waals surface area contributed by atoms with Crippen LogP contribution in [0.2, 0.25) is 0 Å². The van der Waals surface area contributed by atoms with Gasteiger partial charge in [-0.15, -0.1) is 0 Å². The van der Waals surface area contributed by atoms with E-state index in [1.165, 1.54) is 0 Å². The van der Waals surface area contributed by atoms with Crippen LogP contribution < -0.4 is 4.74 Å². The second-order valence-electron chi connectivity index (χ2n) is 7.98. The number of benzene rings is 2. The van der Waals surface area contributed by atoms with Crippen molar-refractivity contribution >= 4 is 23.6 Å². The predicted molar refractivity (Wildman–Crippen MR) is 112 cm³/mol. The Labute approximate surface area is 174 Å². The van der Waals surface area contributed by atoms with Gasteiger partial charge in [0.25, 0.3) is 0 Å². The van der Waals surface area contributed by atoms with E-state index >= 15 is 0 Å². The fourth-order valence-corrected chi connectivity index (χ4v) is 3.46. The van der Waals surface area contributed by atoms with E-state index in [1.807, 2.05) is 32.9 Å². The van der Waals surface area contributed by atoms with Gasteiger partial charge in [0.2, 0.25) is 0 Å². The fraction of sp³-hybridized carbons (Fsp3) is 0.364. The van der Waals surface area contributed by atoms with Crippen LogP contribution in [0.4, 0.5) is 4.79 Å². The zero-order chi connectivity index (χ0) is 21.2. The Kier molecular flexibility index (Phi) is 6.19. The lowest BCUT2D eigenvalue weighted by Gasteiger charge is -2.39. The normalized spacial score (nSPS) is 15.4. The molecule has 1 unspecified atom stereocenters. The van der Waals surface area contributed by atoms with E-state index in [9.17, 15) is 14.1 Å². The summed E-state index contributed by atoms with van der Waals surface area (Å²) in [6.07, 6.45) is 1.92. The molecule has 29 heavy (non-hydrogen) atoms. The average Bonchev–Trinajstić information content (AvgIpc) is 2.62. The molecule has 3 rings (SSSR count). The molecule has 1 heterocycles. The van der Waals surface area contributed by atoms with Gasteiger partial charge in [0.05, 0.1) is 13.1 Å². The van der Waals surface area contributed by atoms with Crippen LogP contribution in [0.5, 0.6) is 5.75 Å². The molecule has 1 atom stereocenters. The Balaban J connectivity index is 1.74. The van der Waals surface area contributed by atoms with Crippen molar-refractivity contribution in [1.29, 1.82) is 0 Å². The van der Waals surface area contributed by atoms with Crippen LogP contribution in [0, 0.1) is 0 Å². The summed E-state index contributed by atoms with van der Waals surface area (Å²) in [5.74, 6) is 0.634. The second kappa shape index (κ2) is 8.47. The van der Waals surface area contributed by atoms with Gasteiger partial charge in [-0.3, -0.25) is 4.79 Å². The van der Waals surface area contributed by atoms with Crippen molar-refractivity contribution in [3.05, 3.63) is 48.0 Å². The number of ether oxygens (including phenoxy) is 2. The third-order valence-corrected chi connectivity index (χ3v) is 5.37. The van der Waals surface area contributed by atoms with Gasteiger partial charge in [0.1, 0.15) is 30.0 Å². The molecule has 0 bridgehead atoms. The smallest absolute Gasteiger partial charge is 0.410 e. The average molecular weight is 416 g/mol. The highest BCUT2D eigenvalue weighted by molar-refractivity contribution is 7.90. The number of aldehydes is 1. The summed E-state index contributed by atoms with van der Waals surface area (Å²) in [6, 6.07) is 12.6. The summed E-state index contributed by atoms with van der Waals surface area (Å²) in [5, 5.41) is 0. The molecule has 2 aromatic carbocycles. The maximum absolute atomic E-state index is 12.1. The Morgan fingerprint density at radius 3 is 2.38 bits per heavy atom. The topological polar surface area (TPSA) is 78.9 Å². The zero-order valence-electron chi connectivity index (χ0n) is 17.0. The first-order valence-electron chi connectivity index (χ1n) is 9.34. The molecule has 0 saturated carbocycles. The van der Waals surface area contributed by atoms with E-state index < -0.39 is 16.8 Å². The molecular formula is C22H25NO5S. The molecule has 0 aromatic heterocycles. The molecule has 6 nitrogen and oxygen atoms in total. The van der Waals surface area contributed by atoms with E-state index in [2.05, 4.69) is 0 Å². The molecule has 1 saturated heterocycles. The lowest BCUT2D eigenvalue weighted by Crippen LogP contribution is -2.57. The van der Waals surface area contributed by atoms with Gasteiger partial charge < -0.3 is 18.9 Å². The van der Waals surface area contributed by atoms with E-state index in [0.717, 1.165) is 22.3 Å². The molecule has 7 heteroatoms. The van der Waals surface area contributed by atoms with Crippen LogP contribution in [-0.4, -0.2) is 52.9 Å². The predicted octanol–water partition coefficient (Wildman–Crippen LogP) is 3.90. The van der Waals surface area contributed by atoms with Crippen LogP contribution in [0.15, 0.2) is 47.4 Å². The van der Waals surface area contributed by atoms with E-state index in [0.29, 0.717) is 24.4 Å². The maximum atomic E-state index is 12.1. The molecule has 1 amide bonds. The number of amides is 1. The summed E-state index contributed by atoms with van der Waals surface area (Å²) in [7, 11) is 0. The summed E-state index contributed by atoms with van der Waals surface area (Å²) in [6.45, 7) is 6.38. The number of hydrogen-bond acceptors (Lipinski definition) is 5. The molecule has 1 aliphatic heterocycles. The SMILES string of the molecule is C[S+]([O-])c1ccc(-c2cc(C=O)ccc2OC2CN(C(=O)OC(C)(C)C)C2)cc1. The fourth-order valence-electron chi connectivity index (χ4n) is 2.94. The Morgan fingerprint density at radius 2 is 1.83 bits per heavy atom. The highest BCUT2D eigenvalue weighted by atomic mass is 32.2. The first-order valence-corrected chi connectivity index (χ1v) is 10.9. The van der Waals surface area contributed by atoms with Crippen molar-refractivity contribution in [3.8, 4) is 16.9 Å². The van der Waals surface area contributed by atoms with Gasteiger partial charge >= 0.3 is 6.09 Å². The maximum Gasteiger partial charge on any atom is 0.410 e. The largest absolute Gasteiger partial charge is 0.612 e. The number of hydrogen-bond donors (Lipinski definition) is 0. The third kappa shape index (κ3) is 5.31. The lowest BCUT2D eigenvalue weighted by atomic mass is 10.0. The van der Waals surface area contributed by atoms with Crippen molar-refractivity contribution in [1.82, 2.24) is 4.90 Å². The van der Waals surface area contributed by atoms with Gasteiger partial charge in [-0.2, -0.15) is 0 Å². The minimum atomic E-state index is -1.06. The van der Waals surface area contributed by atoms with Crippen molar-refractivity contribution in [3.63, 3.8) is 0 Å². The first-order chi connectivity index (χ1) is 13.7. The number of carbonyl (C=O) groups excluding carboxylic acids is 2. The van der Waals surface area contributed by atoms with Crippen molar-refractivity contribution < 1.29 is 23.6 Å². The summed E-state index contributed by atoms with van der Waals surface area (Å²) >= 11 is -1.06. The van der Waals surface area contributed by atoms with Gasteiger partial charge in [-0.25, -0.2) is 4.79 Å². The monoisotopic (exact) mass is 415 g/mol. The summed E-state index contributed by atoms with van der Waals surface area (Å²) in [4.78, 5) is 25.6. The Morgan fingerprint density at radius 1 is 1.17 bits per heavy atom. The molecule has 0 spiro atoms. The minimum Gasteiger partial charge on any atom is -0.612 e. The van der Waals surface area contributed by atoms with Gasteiger partial charge in [-0.05, 0) is 80.0 Å². The highest BCUT2D eigenvalue weighted by Gasteiger charge is 2.35. The number of likely N-dealkylation sites (tertiary alicyclic amines) is 1. The van der Waals surface area contributed by atoms with E-state index in [1.54, 1.807) is 41.5 Å². The quantitative estimate of drug-likeness (QED) is 0.547. The van der Waals surface area contributed by atoms with Crippen LogP contribution in [-0.2, 0) is 15.9 Å². The van der Waals surface area contributed by atoms with Crippen molar-refractivity contribution in [2.24, 2.45) is 0 Å². The van der Waals surface area contributed by atoms with Crippen LogP contribution in [0.25, 0.3) is 11.1 Å². The van der Waals surface area contributed by atoms with Crippen LogP contribution in [0.1, 0.15) is 31.1 Å². The Hall–Kier alpha value is -2.51. The molecule has 1 fully saturated rings. The Bertz CT molecular complexity index is 883. The minimum absolute atomic E-state index is 0.147. The molecule has 0 N–H and O–H groups in total. The number of carbonyl (C=O) groups is 2. The van der Waals surface area contributed by atoms with E-state index in [-0.39, 0.29) is 12.2 Å². The molecular weight excluding hydrogens is 390 g/mol. The van der Waals surface area contributed by atoms with E-state index in [4.69, 9.17) is 9.47 Å². The molecule has 0 aliphatic carbocycles. The van der Waals surface area contributed by atoms with Crippen molar-refractivity contribution in [2.45, 2.75) is 37.4 Å². The second-order valence-corrected chi connectivity index (χ2v) is 9.36. The molecule has 1 aliphatic rings. The van der Waals surface area contributed by atoms with Crippen LogP contribution >= 0.6 is 0 Å². The summed E-state index contributed by atoms with van der Waals surface area (Å²) < 4.78 is 23.1. The molecule has 2 aromatic rings.